The molecule has 5 N–H and O–H groups in total. The van der Waals surface area contributed by atoms with Gasteiger partial charge in [-0.1, -0.05) is 34.1 Å². The van der Waals surface area contributed by atoms with Crippen molar-refractivity contribution in [2.24, 2.45) is 5.73 Å². The van der Waals surface area contributed by atoms with Crippen LogP contribution in [0.2, 0.25) is 0 Å². The highest BCUT2D eigenvalue weighted by Crippen LogP contribution is 1.56. The monoisotopic (exact) mass is 122 g/mol. The Balaban J connectivity index is -0.0000000147. The maximum absolute atomic E-state index is 4.50. The van der Waals surface area contributed by atoms with Gasteiger partial charge < -0.3 is 11.9 Å². The largest absolute Gasteiger partial charge is 0.344 e. The molecule has 2 nitrogen and oxygen atoms in total. The van der Waals surface area contributed by atoms with Crippen molar-refractivity contribution in [2.45, 2.75) is 34.1 Å². The molecule has 0 atom stereocenters. The van der Waals surface area contributed by atoms with E-state index in [2.05, 4.69) is 19.6 Å². The zero-order chi connectivity index (χ0) is 6.71. The molecule has 0 spiro atoms. The molecule has 2 heteroatoms. The van der Waals surface area contributed by atoms with Crippen LogP contribution >= 0.6 is 0 Å². The van der Waals surface area contributed by atoms with E-state index in [9.17, 15) is 0 Å². The van der Waals surface area contributed by atoms with Gasteiger partial charge in [-0.15, -0.1) is 0 Å². The second-order valence-electron chi connectivity index (χ2n) is 0.707. The highest BCUT2D eigenvalue weighted by Gasteiger charge is 1.35. The van der Waals surface area contributed by atoms with Crippen molar-refractivity contribution in [3.63, 3.8) is 0 Å². The number of rotatable bonds is 0. The Morgan fingerprint density at radius 3 is 1.00 bits per heavy atom. The van der Waals surface area contributed by atoms with E-state index < -0.39 is 0 Å². The zero-order valence-corrected chi connectivity index (χ0v) is 6.99. The van der Waals surface area contributed by atoms with Gasteiger partial charge in [0.25, 0.3) is 0 Å². The summed E-state index contributed by atoms with van der Waals surface area (Å²) in [5.74, 6) is 0. The smallest absolute Gasteiger partial charge is 0.0195 e. The van der Waals surface area contributed by atoms with E-state index in [0.29, 0.717) is 0 Å². The molecule has 0 aliphatic heterocycles. The van der Waals surface area contributed by atoms with Gasteiger partial charge in [0.15, 0.2) is 0 Å². The minimum absolute atomic E-state index is 0. The Bertz CT molecular complexity index is 6.49. The van der Waals surface area contributed by atoms with Gasteiger partial charge in [-0.2, -0.15) is 0 Å². The van der Waals surface area contributed by atoms with Gasteiger partial charge in [-0.3, -0.25) is 0 Å². The van der Waals surface area contributed by atoms with Crippen LogP contribution in [0.5, 0.6) is 0 Å². The van der Waals surface area contributed by atoms with Crippen LogP contribution in [-0.2, 0) is 0 Å². The minimum atomic E-state index is 0. The topological polar surface area (TPSA) is 61.0 Å². The van der Waals surface area contributed by atoms with Crippen molar-refractivity contribution < 1.29 is 0 Å². The lowest BCUT2D eigenvalue weighted by atomic mass is 10.6. The molecule has 56 valence electrons. The number of hydrogen-bond acceptors (Lipinski definition) is 2. The molecule has 0 heterocycles. The van der Waals surface area contributed by atoms with E-state index in [0.717, 1.165) is 0 Å². The molecule has 0 aromatic carbocycles. The highest BCUT2D eigenvalue weighted by atomic mass is 14.4. The van der Waals surface area contributed by atoms with Crippen LogP contribution < -0.4 is 11.9 Å². The first-order valence-corrected chi connectivity index (χ1v) is 2.99. The molecule has 0 amide bonds. The molecule has 0 fully saturated rings. The van der Waals surface area contributed by atoms with Gasteiger partial charge in [0, 0.05) is 0 Å². The van der Waals surface area contributed by atoms with E-state index >= 15 is 0 Å². The molecule has 0 aliphatic carbocycles. The van der Waals surface area contributed by atoms with E-state index in [1.54, 1.807) is 0 Å². The fourth-order valence-electron chi connectivity index (χ4n) is 0. The third-order valence-electron chi connectivity index (χ3n) is 0. The standard InChI is InChI=1S/C3H8.C2H6.CH5N.H3N/c1-3-2;2*1-2;/h3H2,1-2H3;1-2H3;2H2,1H3;1H3. The lowest BCUT2D eigenvalue weighted by Gasteiger charge is -1.48. The van der Waals surface area contributed by atoms with Gasteiger partial charge in [0.2, 0.25) is 0 Å². The third kappa shape index (κ3) is 22400. The first-order chi connectivity index (χ1) is 3.41. The van der Waals surface area contributed by atoms with E-state index in [-0.39, 0.29) is 6.15 Å². The third-order valence-corrected chi connectivity index (χ3v) is 0. The van der Waals surface area contributed by atoms with Crippen molar-refractivity contribution in [1.29, 1.82) is 0 Å². The van der Waals surface area contributed by atoms with Crippen LogP contribution in [0.4, 0.5) is 0 Å². The lowest BCUT2D eigenvalue weighted by molar-refractivity contribution is 1.09. The van der Waals surface area contributed by atoms with Crippen LogP contribution in [0.25, 0.3) is 0 Å². The SMILES string of the molecule is CC.CCC.CN.N. The molecule has 0 aromatic rings. The Morgan fingerprint density at radius 2 is 1.00 bits per heavy atom. The van der Waals surface area contributed by atoms with Crippen LogP contribution in [0, 0.1) is 0 Å². The summed E-state index contributed by atoms with van der Waals surface area (Å²) in [5, 5.41) is 0. The summed E-state index contributed by atoms with van der Waals surface area (Å²) >= 11 is 0. The summed E-state index contributed by atoms with van der Waals surface area (Å²) in [6.07, 6.45) is 1.25. The Labute approximate surface area is 54.1 Å². The molecule has 0 radical (unpaired) electrons. The van der Waals surface area contributed by atoms with Crippen LogP contribution in [0.3, 0.4) is 0 Å². The summed E-state index contributed by atoms with van der Waals surface area (Å²) in [6.45, 7) is 8.25. The Morgan fingerprint density at radius 1 is 1.00 bits per heavy atom. The summed E-state index contributed by atoms with van der Waals surface area (Å²) < 4.78 is 0. The first kappa shape index (κ1) is 24.7. The predicted molar refractivity (Wildman–Crippen MR) is 42.4 cm³/mol. The molecular formula is C6H22N2. The molecule has 0 rings (SSSR count). The molecule has 0 unspecified atom stereocenters. The van der Waals surface area contributed by atoms with Crippen molar-refractivity contribution >= 4 is 0 Å². The molecule has 0 aliphatic rings. The zero-order valence-electron chi connectivity index (χ0n) is 6.99. The fourth-order valence-corrected chi connectivity index (χ4v) is 0. The van der Waals surface area contributed by atoms with Crippen LogP contribution in [0.1, 0.15) is 34.1 Å². The first-order valence-electron chi connectivity index (χ1n) is 2.99. The van der Waals surface area contributed by atoms with Crippen molar-refractivity contribution in [3.8, 4) is 0 Å². The molecule has 8 heavy (non-hydrogen) atoms. The number of nitrogens with two attached hydrogens (primary N) is 1. The number of hydrogen-bond donors (Lipinski definition) is 2. The lowest BCUT2D eigenvalue weighted by Crippen LogP contribution is -1.69. The summed E-state index contributed by atoms with van der Waals surface area (Å²) in [7, 11) is 1.50. The molecular weight excluding hydrogens is 100 g/mol. The summed E-state index contributed by atoms with van der Waals surface area (Å²) in [4.78, 5) is 0. The van der Waals surface area contributed by atoms with Gasteiger partial charge in [-0.25, -0.2) is 0 Å². The fraction of sp³-hybridized carbons (Fsp3) is 1.00. The van der Waals surface area contributed by atoms with Crippen molar-refractivity contribution in [3.05, 3.63) is 0 Å². The van der Waals surface area contributed by atoms with Gasteiger partial charge in [-0.05, 0) is 7.05 Å². The highest BCUT2D eigenvalue weighted by molar-refractivity contribution is 3.92. The van der Waals surface area contributed by atoms with E-state index in [1.807, 2.05) is 13.8 Å². The minimum Gasteiger partial charge on any atom is -0.344 e. The molecule has 0 aromatic heterocycles. The quantitative estimate of drug-likeness (QED) is 0.517. The van der Waals surface area contributed by atoms with Crippen LogP contribution in [-0.4, -0.2) is 7.05 Å². The Kier molecular flexibility index (Phi) is 884. The van der Waals surface area contributed by atoms with Crippen molar-refractivity contribution in [1.82, 2.24) is 6.15 Å². The normalized spacial score (nSPS) is 3.75. The van der Waals surface area contributed by atoms with Crippen LogP contribution in [0.15, 0.2) is 0 Å². The molecule has 0 saturated carbocycles. The average Bonchev–Trinajstić information content (AvgIpc) is 1.78. The van der Waals surface area contributed by atoms with Gasteiger partial charge in [0.1, 0.15) is 0 Å². The van der Waals surface area contributed by atoms with E-state index in [1.165, 1.54) is 13.5 Å². The summed E-state index contributed by atoms with van der Waals surface area (Å²) in [6, 6.07) is 0. The van der Waals surface area contributed by atoms with Crippen molar-refractivity contribution in [2.75, 3.05) is 7.05 Å². The Hall–Kier alpha value is -0.0800. The second kappa shape index (κ2) is 287. The van der Waals surface area contributed by atoms with Gasteiger partial charge in [0.05, 0.1) is 0 Å². The predicted octanol–water partition coefficient (Wildman–Crippen LogP) is 2.18. The van der Waals surface area contributed by atoms with Gasteiger partial charge >= 0.3 is 0 Å². The van der Waals surface area contributed by atoms with E-state index in [4.69, 9.17) is 0 Å². The molecule has 0 saturated heterocycles. The maximum Gasteiger partial charge on any atom is -0.0195 e. The maximum atomic E-state index is 4.50. The average molecular weight is 122 g/mol. The summed E-state index contributed by atoms with van der Waals surface area (Å²) in [5.41, 5.74) is 4.50. The second-order valence-corrected chi connectivity index (χ2v) is 0.707. The molecule has 0 bridgehead atoms.